The van der Waals surface area contributed by atoms with Crippen molar-refractivity contribution in [1.29, 1.82) is 0 Å². The molecule has 2 atom stereocenters. The number of rotatable bonds is 4. The molecule has 6 heteroatoms. The van der Waals surface area contributed by atoms with Crippen molar-refractivity contribution in [3.8, 4) is 0 Å². The number of nitrogens with zero attached hydrogens (tertiary/aromatic N) is 2. The fourth-order valence-electron chi connectivity index (χ4n) is 2.42. The quantitative estimate of drug-likeness (QED) is 0.890. The zero-order chi connectivity index (χ0) is 13.2. The van der Waals surface area contributed by atoms with Gasteiger partial charge in [0.2, 0.25) is 0 Å². The highest BCUT2D eigenvalue weighted by molar-refractivity contribution is 7.18. The van der Waals surface area contributed by atoms with E-state index in [1.165, 1.54) is 4.88 Å². The standard InChI is InChI=1S/C13H18N4OS/c1-3-8-4-9-12(15-7-16-13(9)19-8)17-10-5-14-6-11(10)18-2/h4,7,10-11,14H,3,5-6H2,1-2H3,(H,15,16,17)/t10?,11-/m0/s1. The summed E-state index contributed by atoms with van der Waals surface area (Å²) in [6, 6.07) is 2.44. The highest BCUT2D eigenvalue weighted by Crippen LogP contribution is 2.29. The second-order valence-electron chi connectivity index (χ2n) is 4.69. The molecular formula is C13H18N4OS. The lowest BCUT2D eigenvalue weighted by Crippen LogP contribution is -2.33. The van der Waals surface area contributed by atoms with Crippen molar-refractivity contribution in [2.24, 2.45) is 0 Å². The van der Waals surface area contributed by atoms with Crippen LogP contribution in [0, 0.1) is 0 Å². The van der Waals surface area contributed by atoms with Gasteiger partial charge in [-0.1, -0.05) is 6.92 Å². The largest absolute Gasteiger partial charge is 0.378 e. The monoisotopic (exact) mass is 278 g/mol. The van der Waals surface area contributed by atoms with Gasteiger partial charge in [0.05, 0.1) is 17.5 Å². The molecule has 3 heterocycles. The van der Waals surface area contributed by atoms with Gasteiger partial charge in [-0.05, 0) is 12.5 Å². The molecule has 0 radical (unpaired) electrons. The van der Waals surface area contributed by atoms with E-state index in [0.717, 1.165) is 35.5 Å². The number of hydrogen-bond acceptors (Lipinski definition) is 6. The first-order valence-corrected chi connectivity index (χ1v) is 7.37. The third-order valence-corrected chi connectivity index (χ3v) is 4.70. The number of ether oxygens (including phenoxy) is 1. The highest BCUT2D eigenvalue weighted by atomic mass is 32.1. The number of fused-ring (bicyclic) bond motifs is 1. The minimum absolute atomic E-state index is 0.189. The van der Waals surface area contributed by atoms with E-state index in [-0.39, 0.29) is 12.1 Å². The van der Waals surface area contributed by atoms with Crippen LogP contribution in [0.4, 0.5) is 5.82 Å². The number of anilines is 1. The molecule has 1 saturated heterocycles. The Balaban J connectivity index is 1.89. The molecule has 3 rings (SSSR count). The van der Waals surface area contributed by atoms with Crippen LogP contribution in [0.3, 0.4) is 0 Å². The summed E-state index contributed by atoms with van der Waals surface area (Å²) in [6.07, 6.45) is 2.85. The van der Waals surface area contributed by atoms with Crippen LogP contribution < -0.4 is 10.6 Å². The first-order valence-electron chi connectivity index (χ1n) is 6.55. The first-order chi connectivity index (χ1) is 9.31. The SMILES string of the molecule is CCc1cc2c(NC3CNC[C@@H]3OC)ncnc2s1. The maximum Gasteiger partial charge on any atom is 0.138 e. The lowest BCUT2D eigenvalue weighted by atomic mass is 10.2. The Labute approximate surface area is 116 Å². The van der Waals surface area contributed by atoms with Gasteiger partial charge in [-0.3, -0.25) is 0 Å². The fraction of sp³-hybridized carbons (Fsp3) is 0.538. The molecule has 0 saturated carbocycles. The van der Waals surface area contributed by atoms with E-state index < -0.39 is 0 Å². The average molecular weight is 278 g/mol. The van der Waals surface area contributed by atoms with Gasteiger partial charge < -0.3 is 15.4 Å². The fourth-order valence-corrected chi connectivity index (χ4v) is 3.35. The van der Waals surface area contributed by atoms with E-state index in [4.69, 9.17) is 4.74 Å². The summed E-state index contributed by atoms with van der Waals surface area (Å²) in [6.45, 7) is 3.94. The summed E-state index contributed by atoms with van der Waals surface area (Å²) in [5.74, 6) is 0.914. The second kappa shape index (κ2) is 5.40. The number of thiophene rings is 1. The Morgan fingerprint density at radius 1 is 1.47 bits per heavy atom. The maximum absolute atomic E-state index is 5.47. The van der Waals surface area contributed by atoms with Gasteiger partial charge in [0, 0.05) is 25.1 Å². The van der Waals surface area contributed by atoms with Crippen molar-refractivity contribution in [1.82, 2.24) is 15.3 Å². The first kappa shape index (κ1) is 12.8. The summed E-state index contributed by atoms with van der Waals surface area (Å²) < 4.78 is 5.47. The van der Waals surface area contributed by atoms with E-state index in [1.54, 1.807) is 24.8 Å². The van der Waals surface area contributed by atoms with Gasteiger partial charge in [0.15, 0.2) is 0 Å². The van der Waals surface area contributed by atoms with E-state index in [0.29, 0.717) is 0 Å². The average Bonchev–Trinajstić information content (AvgIpc) is 3.04. The summed E-state index contributed by atoms with van der Waals surface area (Å²) in [7, 11) is 1.75. The summed E-state index contributed by atoms with van der Waals surface area (Å²) >= 11 is 1.74. The molecule has 19 heavy (non-hydrogen) atoms. The third-order valence-electron chi connectivity index (χ3n) is 3.51. The minimum Gasteiger partial charge on any atom is -0.378 e. The highest BCUT2D eigenvalue weighted by Gasteiger charge is 2.27. The van der Waals surface area contributed by atoms with E-state index in [9.17, 15) is 0 Å². The molecular weight excluding hydrogens is 260 g/mol. The molecule has 102 valence electrons. The van der Waals surface area contributed by atoms with Crippen LogP contribution in [0.15, 0.2) is 12.4 Å². The van der Waals surface area contributed by atoms with Crippen molar-refractivity contribution in [3.63, 3.8) is 0 Å². The van der Waals surface area contributed by atoms with Gasteiger partial charge in [-0.2, -0.15) is 0 Å². The van der Waals surface area contributed by atoms with Crippen LogP contribution in [0.25, 0.3) is 10.2 Å². The zero-order valence-corrected chi connectivity index (χ0v) is 12.0. The van der Waals surface area contributed by atoms with Crippen LogP contribution in [0.5, 0.6) is 0 Å². The van der Waals surface area contributed by atoms with Crippen molar-refractivity contribution in [2.45, 2.75) is 25.5 Å². The minimum atomic E-state index is 0.189. The molecule has 1 fully saturated rings. The number of nitrogens with one attached hydrogen (secondary N) is 2. The van der Waals surface area contributed by atoms with E-state index >= 15 is 0 Å². The molecule has 2 aromatic rings. The number of hydrogen-bond donors (Lipinski definition) is 2. The van der Waals surface area contributed by atoms with Gasteiger partial charge in [-0.15, -0.1) is 11.3 Å². The van der Waals surface area contributed by atoms with Gasteiger partial charge in [-0.25, -0.2) is 9.97 Å². The van der Waals surface area contributed by atoms with Crippen LogP contribution in [0.1, 0.15) is 11.8 Å². The predicted octanol–water partition coefficient (Wildman–Crippen LogP) is 1.65. The Bertz CT molecular complexity index is 571. The predicted molar refractivity (Wildman–Crippen MR) is 77.9 cm³/mol. The zero-order valence-electron chi connectivity index (χ0n) is 11.1. The number of aryl methyl sites for hydroxylation is 1. The Morgan fingerprint density at radius 2 is 2.37 bits per heavy atom. The summed E-state index contributed by atoms with van der Waals surface area (Å²) in [5.41, 5.74) is 0. The van der Waals surface area contributed by atoms with Gasteiger partial charge >= 0.3 is 0 Å². The van der Waals surface area contributed by atoms with Crippen molar-refractivity contribution < 1.29 is 4.74 Å². The van der Waals surface area contributed by atoms with Crippen molar-refractivity contribution >= 4 is 27.4 Å². The van der Waals surface area contributed by atoms with Gasteiger partial charge in [0.25, 0.3) is 0 Å². The lowest BCUT2D eigenvalue weighted by Gasteiger charge is -2.19. The molecule has 0 aliphatic carbocycles. The molecule has 0 bridgehead atoms. The van der Waals surface area contributed by atoms with Crippen molar-refractivity contribution in [2.75, 3.05) is 25.5 Å². The Kier molecular flexibility index (Phi) is 3.63. The summed E-state index contributed by atoms with van der Waals surface area (Å²) in [5, 5.41) is 7.94. The molecule has 1 unspecified atom stereocenters. The van der Waals surface area contributed by atoms with Crippen LogP contribution in [-0.2, 0) is 11.2 Å². The molecule has 0 amide bonds. The lowest BCUT2D eigenvalue weighted by molar-refractivity contribution is 0.111. The molecule has 5 nitrogen and oxygen atoms in total. The Morgan fingerprint density at radius 3 is 3.16 bits per heavy atom. The topological polar surface area (TPSA) is 59.1 Å². The smallest absolute Gasteiger partial charge is 0.138 e. The molecule has 2 N–H and O–H groups in total. The third kappa shape index (κ3) is 2.43. The molecule has 0 aromatic carbocycles. The number of aromatic nitrogens is 2. The van der Waals surface area contributed by atoms with Crippen LogP contribution in [-0.4, -0.2) is 42.3 Å². The van der Waals surface area contributed by atoms with E-state index in [1.807, 2.05) is 0 Å². The van der Waals surface area contributed by atoms with E-state index in [2.05, 4.69) is 33.6 Å². The number of methoxy groups -OCH3 is 1. The normalized spacial score (nSPS) is 23.1. The molecule has 0 spiro atoms. The van der Waals surface area contributed by atoms with Crippen molar-refractivity contribution in [3.05, 3.63) is 17.3 Å². The Hall–Kier alpha value is -1.24. The van der Waals surface area contributed by atoms with Gasteiger partial charge in [0.1, 0.15) is 17.0 Å². The molecule has 1 aliphatic rings. The molecule has 1 aliphatic heterocycles. The van der Waals surface area contributed by atoms with Crippen LogP contribution >= 0.6 is 11.3 Å². The second-order valence-corrected chi connectivity index (χ2v) is 5.81. The molecule has 2 aromatic heterocycles. The maximum atomic E-state index is 5.47. The summed E-state index contributed by atoms with van der Waals surface area (Å²) in [4.78, 5) is 11.1. The van der Waals surface area contributed by atoms with Crippen LogP contribution in [0.2, 0.25) is 0 Å².